The van der Waals surface area contributed by atoms with Crippen molar-refractivity contribution in [2.75, 3.05) is 18.4 Å². The summed E-state index contributed by atoms with van der Waals surface area (Å²) in [7, 11) is -3.89. The summed E-state index contributed by atoms with van der Waals surface area (Å²) in [4.78, 5) is 19.6. The van der Waals surface area contributed by atoms with Crippen molar-refractivity contribution in [1.29, 1.82) is 10.5 Å². The summed E-state index contributed by atoms with van der Waals surface area (Å²) < 4.78 is 27.0. The van der Waals surface area contributed by atoms with Gasteiger partial charge in [0.1, 0.15) is 0 Å². The van der Waals surface area contributed by atoms with E-state index in [0.29, 0.717) is 10.7 Å². The van der Waals surface area contributed by atoms with E-state index in [2.05, 4.69) is 16.4 Å². The van der Waals surface area contributed by atoms with E-state index < -0.39 is 10.0 Å². The fraction of sp³-hybridized carbons (Fsp3) is 0.217. The van der Waals surface area contributed by atoms with Gasteiger partial charge in [-0.15, -0.1) is 23.1 Å². The Morgan fingerprint density at radius 1 is 1.06 bits per heavy atom. The van der Waals surface area contributed by atoms with E-state index in [1.54, 1.807) is 11.8 Å². The number of nitriles is 2. The Morgan fingerprint density at radius 3 is 2.41 bits per heavy atom. The van der Waals surface area contributed by atoms with Crippen LogP contribution in [0.4, 0.5) is 5.13 Å². The lowest BCUT2D eigenvalue weighted by molar-refractivity contribution is 0.102. The summed E-state index contributed by atoms with van der Waals surface area (Å²) in [6.45, 7) is -0.00222. The Morgan fingerprint density at radius 2 is 1.74 bits per heavy atom. The molecule has 34 heavy (non-hydrogen) atoms. The summed E-state index contributed by atoms with van der Waals surface area (Å²) in [5.41, 5.74) is 2.23. The smallest absolute Gasteiger partial charge is 0.257 e. The van der Waals surface area contributed by atoms with Crippen molar-refractivity contribution in [1.82, 2.24) is 9.29 Å². The first kappa shape index (κ1) is 23.9. The highest BCUT2D eigenvalue weighted by molar-refractivity contribution is 7.98. The number of sulfonamides is 1. The maximum atomic E-state index is 12.9. The standard InChI is InChI=1S/C23H19N5O3S3/c24-11-3-13-28(14-4-12-25)34(30,31)17-9-7-16(8-10-17)22(29)27-23-26-21-18-5-1-2-6-19(18)32-15-20(21)33-23/h1-2,5-10H,3-4,13-15H2,(H,26,27,29). The van der Waals surface area contributed by atoms with Crippen LogP contribution >= 0.6 is 23.1 Å². The molecule has 0 fully saturated rings. The molecule has 0 radical (unpaired) electrons. The first-order chi connectivity index (χ1) is 16.4. The van der Waals surface area contributed by atoms with E-state index in [1.807, 2.05) is 30.3 Å². The van der Waals surface area contributed by atoms with E-state index in [-0.39, 0.29) is 36.7 Å². The highest BCUT2D eigenvalue weighted by atomic mass is 32.2. The minimum atomic E-state index is -3.89. The number of rotatable bonds is 8. The number of hydrogen-bond acceptors (Lipinski definition) is 8. The Hall–Kier alpha value is -3.22. The van der Waals surface area contributed by atoms with Gasteiger partial charge >= 0.3 is 0 Å². The Bertz CT molecular complexity index is 1380. The Balaban J connectivity index is 1.49. The molecular weight excluding hydrogens is 490 g/mol. The number of nitrogens with zero attached hydrogens (tertiary/aromatic N) is 4. The van der Waals surface area contributed by atoms with Gasteiger partial charge in [-0.1, -0.05) is 18.2 Å². The second-order valence-corrected chi connectivity index (χ2v) is 11.3. The summed E-state index contributed by atoms with van der Waals surface area (Å²) in [5.74, 6) is 0.405. The van der Waals surface area contributed by atoms with E-state index in [1.165, 1.54) is 35.6 Å². The number of aromatic nitrogens is 1. The molecule has 1 aliphatic heterocycles. The van der Waals surface area contributed by atoms with Gasteiger partial charge in [0.05, 0.1) is 22.7 Å². The molecule has 1 amide bonds. The van der Waals surface area contributed by atoms with Crippen LogP contribution in [0.1, 0.15) is 28.1 Å². The zero-order valence-electron chi connectivity index (χ0n) is 17.9. The molecule has 2 heterocycles. The van der Waals surface area contributed by atoms with Crippen molar-refractivity contribution in [2.45, 2.75) is 28.4 Å². The predicted octanol–water partition coefficient (Wildman–Crippen LogP) is 4.49. The zero-order chi connectivity index (χ0) is 24.1. The molecule has 172 valence electrons. The monoisotopic (exact) mass is 509 g/mol. The lowest BCUT2D eigenvalue weighted by Crippen LogP contribution is -2.32. The number of thioether (sulfide) groups is 1. The Labute approximate surface area is 205 Å². The molecule has 0 spiro atoms. The molecular formula is C23H19N5O3S3. The average Bonchev–Trinajstić information content (AvgIpc) is 3.27. The number of hydrogen-bond donors (Lipinski definition) is 1. The summed E-state index contributed by atoms with van der Waals surface area (Å²) >= 11 is 3.17. The topological polar surface area (TPSA) is 127 Å². The molecule has 0 saturated carbocycles. The number of benzene rings is 2. The minimum absolute atomic E-state index is 0.00111. The normalized spacial score (nSPS) is 12.3. The van der Waals surface area contributed by atoms with Crippen LogP contribution < -0.4 is 5.32 Å². The fourth-order valence-electron chi connectivity index (χ4n) is 3.44. The molecule has 1 N–H and O–H groups in total. The summed E-state index contributed by atoms with van der Waals surface area (Å²) in [6.07, 6.45) is 0.0395. The molecule has 4 rings (SSSR count). The number of fused-ring (bicyclic) bond motifs is 3. The third-order valence-electron chi connectivity index (χ3n) is 5.12. The van der Waals surface area contributed by atoms with Gasteiger partial charge in [-0.3, -0.25) is 10.1 Å². The van der Waals surface area contributed by atoms with Gasteiger partial charge < -0.3 is 0 Å². The van der Waals surface area contributed by atoms with Gasteiger partial charge in [0.2, 0.25) is 10.0 Å². The van der Waals surface area contributed by atoms with Crippen LogP contribution in [0.15, 0.2) is 58.3 Å². The first-order valence-corrected chi connectivity index (χ1v) is 13.6. The molecule has 3 aromatic rings. The SMILES string of the molecule is N#CCCN(CCC#N)S(=O)(=O)c1ccc(C(=O)Nc2nc3c(s2)CSc2ccccc2-3)cc1. The molecule has 0 aliphatic carbocycles. The maximum absolute atomic E-state index is 12.9. The van der Waals surface area contributed by atoms with Crippen LogP contribution in [0, 0.1) is 22.7 Å². The summed E-state index contributed by atoms with van der Waals surface area (Å²) in [5, 5.41) is 20.9. The number of thiazole rings is 1. The molecule has 2 aromatic carbocycles. The van der Waals surface area contributed by atoms with E-state index >= 15 is 0 Å². The first-order valence-electron chi connectivity index (χ1n) is 10.3. The third kappa shape index (κ3) is 4.98. The van der Waals surface area contributed by atoms with Crippen molar-refractivity contribution < 1.29 is 13.2 Å². The molecule has 1 aliphatic rings. The molecule has 11 heteroatoms. The largest absolute Gasteiger partial charge is 0.298 e. The third-order valence-corrected chi connectivity index (χ3v) is 9.29. The number of carbonyl (C=O) groups is 1. The van der Waals surface area contributed by atoms with Crippen molar-refractivity contribution in [3.8, 4) is 23.4 Å². The van der Waals surface area contributed by atoms with Crippen molar-refractivity contribution >= 4 is 44.2 Å². The Kier molecular flexibility index (Phi) is 7.29. The van der Waals surface area contributed by atoms with Crippen LogP contribution in [0.5, 0.6) is 0 Å². The van der Waals surface area contributed by atoms with E-state index in [4.69, 9.17) is 10.5 Å². The van der Waals surface area contributed by atoms with Crippen molar-refractivity contribution in [3.05, 3.63) is 59.0 Å². The van der Waals surface area contributed by atoms with Crippen LogP contribution in [0.3, 0.4) is 0 Å². The second-order valence-electron chi connectivity index (χ2n) is 7.27. The van der Waals surface area contributed by atoms with Crippen LogP contribution in [-0.2, 0) is 15.8 Å². The predicted molar refractivity (Wildman–Crippen MR) is 131 cm³/mol. The highest BCUT2D eigenvalue weighted by Crippen LogP contribution is 2.44. The van der Waals surface area contributed by atoms with Crippen LogP contribution in [-0.4, -0.2) is 36.7 Å². The van der Waals surface area contributed by atoms with E-state index in [9.17, 15) is 13.2 Å². The van der Waals surface area contributed by atoms with Crippen molar-refractivity contribution in [2.24, 2.45) is 0 Å². The summed E-state index contributed by atoms with van der Waals surface area (Å²) in [6, 6.07) is 17.4. The number of carbonyl (C=O) groups excluding carboxylic acids is 1. The number of anilines is 1. The molecule has 0 saturated heterocycles. The van der Waals surface area contributed by atoms with Gasteiger partial charge in [-0.05, 0) is 30.3 Å². The molecule has 8 nitrogen and oxygen atoms in total. The van der Waals surface area contributed by atoms with Crippen LogP contribution in [0.2, 0.25) is 0 Å². The van der Waals surface area contributed by atoms with Gasteiger partial charge in [-0.2, -0.15) is 14.8 Å². The quantitative estimate of drug-likeness (QED) is 0.474. The average molecular weight is 510 g/mol. The zero-order valence-corrected chi connectivity index (χ0v) is 20.3. The number of nitrogens with one attached hydrogen (secondary N) is 1. The second kappa shape index (κ2) is 10.4. The molecule has 1 aromatic heterocycles. The lowest BCUT2D eigenvalue weighted by Gasteiger charge is -2.20. The molecule has 0 atom stereocenters. The number of amides is 1. The van der Waals surface area contributed by atoms with Gasteiger partial charge in [0.15, 0.2) is 5.13 Å². The van der Waals surface area contributed by atoms with E-state index in [0.717, 1.165) is 31.1 Å². The lowest BCUT2D eigenvalue weighted by atomic mass is 10.1. The fourth-order valence-corrected chi connectivity index (χ4v) is 6.98. The molecule has 0 unspecified atom stereocenters. The highest BCUT2D eigenvalue weighted by Gasteiger charge is 2.25. The van der Waals surface area contributed by atoms with Gasteiger partial charge in [-0.25, -0.2) is 13.4 Å². The van der Waals surface area contributed by atoms with Crippen molar-refractivity contribution in [3.63, 3.8) is 0 Å². The van der Waals surface area contributed by atoms with Gasteiger partial charge in [0.25, 0.3) is 5.91 Å². The van der Waals surface area contributed by atoms with Crippen LogP contribution in [0.25, 0.3) is 11.3 Å². The molecule has 0 bridgehead atoms. The maximum Gasteiger partial charge on any atom is 0.257 e. The minimum Gasteiger partial charge on any atom is -0.298 e. The van der Waals surface area contributed by atoms with Gasteiger partial charge in [0, 0.05) is 52.6 Å².